The number of azo groups is 1. The van der Waals surface area contributed by atoms with Gasteiger partial charge in [-0.1, -0.05) is 43.0 Å². The van der Waals surface area contributed by atoms with E-state index in [1.54, 1.807) is 24.3 Å². The molecule has 0 radical (unpaired) electrons. The van der Waals surface area contributed by atoms with Crippen molar-refractivity contribution in [1.29, 1.82) is 0 Å². The average molecular weight is 339 g/mol. The van der Waals surface area contributed by atoms with Gasteiger partial charge in [-0.3, -0.25) is 0 Å². The van der Waals surface area contributed by atoms with Crippen molar-refractivity contribution >= 4 is 17.6 Å². The monoisotopic (exact) mass is 339 g/mol. The Balaban J connectivity index is 2.06. The number of aromatic carboxylic acids is 1. The second-order valence-corrected chi connectivity index (χ2v) is 5.02. The van der Waals surface area contributed by atoms with Crippen LogP contribution in [0.5, 0.6) is 0 Å². The molecule has 0 bridgehead atoms. The molecular weight excluding hydrogens is 324 g/mol. The number of esters is 1. The Bertz CT molecular complexity index is 807. The molecule has 0 aliphatic carbocycles. The topological polar surface area (TPSA) is 111 Å². The molecule has 0 saturated carbocycles. The molecule has 2 aromatic carbocycles. The number of benzene rings is 2. The lowest BCUT2D eigenvalue weighted by atomic mass is 10.2. The summed E-state index contributed by atoms with van der Waals surface area (Å²) in [4.78, 5) is 22.8. The summed E-state index contributed by atoms with van der Waals surface area (Å²) in [5.74, 6) is -2.52. The summed E-state index contributed by atoms with van der Waals surface area (Å²) in [6.45, 7) is 1.20. The van der Waals surface area contributed by atoms with Crippen molar-refractivity contribution in [3.63, 3.8) is 0 Å². The van der Waals surface area contributed by atoms with Crippen LogP contribution in [0.25, 0.3) is 0 Å². The van der Waals surface area contributed by atoms with Gasteiger partial charge in [-0.15, -0.1) is 5.11 Å². The summed E-state index contributed by atoms with van der Waals surface area (Å²) < 4.78 is 5.06. The molecule has 2 rings (SSSR count). The smallest absolute Gasteiger partial charge is 0.358 e. The molecule has 7 heteroatoms. The number of hydrogen-bond acceptors (Lipinski definition) is 6. The second-order valence-electron chi connectivity index (χ2n) is 5.02. The zero-order valence-corrected chi connectivity index (χ0v) is 13.4. The van der Waals surface area contributed by atoms with Crippen molar-refractivity contribution < 1.29 is 24.5 Å². The highest BCUT2D eigenvalue weighted by atomic mass is 16.5. The number of hydrogen-bond donors (Lipinski definition) is 1. The van der Waals surface area contributed by atoms with Crippen molar-refractivity contribution in [3.05, 3.63) is 77.2 Å². The van der Waals surface area contributed by atoms with Gasteiger partial charge in [0.1, 0.15) is 6.61 Å². The van der Waals surface area contributed by atoms with E-state index < -0.39 is 23.4 Å². The third kappa shape index (κ3) is 5.28. The van der Waals surface area contributed by atoms with E-state index in [9.17, 15) is 14.7 Å². The average Bonchev–Trinajstić information content (AvgIpc) is 2.61. The molecular formula is C18H15N2O5-. The molecule has 0 amide bonds. The van der Waals surface area contributed by atoms with E-state index in [1.807, 2.05) is 6.07 Å². The van der Waals surface area contributed by atoms with Crippen molar-refractivity contribution in [1.82, 2.24) is 0 Å². The Morgan fingerprint density at radius 2 is 1.72 bits per heavy atom. The van der Waals surface area contributed by atoms with Crippen LogP contribution in [0.1, 0.15) is 22.8 Å². The van der Waals surface area contributed by atoms with Crippen molar-refractivity contribution in [2.24, 2.45) is 10.2 Å². The fraction of sp³-hybridized carbons (Fsp3) is 0.111. The Morgan fingerprint density at radius 3 is 2.28 bits per heavy atom. The predicted molar refractivity (Wildman–Crippen MR) is 86.9 cm³/mol. The van der Waals surface area contributed by atoms with E-state index in [4.69, 9.17) is 9.84 Å². The van der Waals surface area contributed by atoms with Gasteiger partial charge in [-0.05, 0) is 29.8 Å². The lowest BCUT2D eigenvalue weighted by Gasteiger charge is -2.10. The fourth-order valence-corrected chi connectivity index (χ4v) is 1.82. The zero-order chi connectivity index (χ0) is 18.2. The van der Waals surface area contributed by atoms with Crippen LogP contribution in [0.3, 0.4) is 0 Å². The van der Waals surface area contributed by atoms with E-state index >= 15 is 0 Å². The van der Waals surface area contributed by atoms with Crippen LogP contribution in [0.15, 0.2) is 76.3 Å². The molecule has 25 heavy (non-hydrogen) atoms. The number of carboxylic acids is 1. The van der Waals surface area contributed by atoms with Gasteiger partial charge in [0, 0.05) is 0 Å². The lowest BCUT2D eigenvalue weighted by molar-refractivity contribution is -0.303. The van der Waals surface area contributed by atoms with Crippen LogP contribution in [-0.2, 0) is 16.1 Å². The Kier molecular flexibility index (Phi) is 6.00. The van der Waals surface area contributed by atoms with E-state index in [2.05, 4.69) is 10.2 Å². The van der Waals surface area contributed by atoms with E-state index in [0.29, 0.717) is 5.69 Å². The van der Waals surface area contributed by atoms with Crippen molar-refractivity contribution in [3.8, 4) is 0 Å². The molecule has 0 aliphatic rings. The highest BCUT2D eigenvalue weighted by Gasteiger charge is 2.11. The maximum absolute atomic E-state index is 12.0. The molecule has 0 heterocycles. The van der Waals surface area contributed by atoms with Crippen LogP contribution in [0.4, 0.5) is 5.69 Å². The molecule has 0 saturated heterocycles. The van der Waals surface area contributed by atoms with Crippen molar-refractivity contribution in [2.75, 3.05) is 0 Å². The first-order valence-corrected chi connectivity index (χ1v) is 7.31. The molecule has 7 nitrogen and oxygen atoms in total. The molecule has 0 unspecified atom stereocenters. The molecule has 0 fully saturated rings. The van der Waals surface area contributed by atoms with Crippen LogP contribution >= 0.6 is 0 Å². The molecule has 1 N–H and O–H groups in total. The normalized spacial score (nSPS) is 11.9. The maximum atomic E-state index is 12.0. The first-order valence-electron chi connectivity index (χ1n) is 7.31. The first kappa shape index (κ1) is 17.9. The van der Waals surface area contributed by atoms with Gasteiger partial charge in [0.25, 0.3) is 0 Å². The Labute approximate surface area is 143 Å². The third-order valence-corrected chi connectivity index (χ3v) is 3.12. The number of ether oxygens (including phenoxy) is 1. The van der Waals surface area contributed by atoms with Gasteiger partial charge < -0.3 is 14.9 Å². The first-order chi connectivity index (χ1) is 12.0. The summed E-state index contributed by atoms with van der Waals surface area (Å²) in [6.07, 6.45) is 0. The highest BCUT2D eigenvalue weighted by Crippen LogP contribution is 2.16. The van der Waals surface area contributed by atoms with Gasteiger partial charge in [0.05, 0.1) is 11.3 Å². The number of carboxylic acid groups (broad SMARTS) is 1. The quantitative estimate of drug-likeness (QED) is 0.376. The minimum atomic E-state index is -1.07. The van der Waals surface area contributed by atoms with E-state index in [1.165, 1.54) is 31.2 Å². The molecule has 0 atom stereocenters. The minimum absolute atomic E-state index is 0.0132. The molecule has 128 valence electrons. The summed E-state index contributed by atoms with van der Waals surface area (Å²) >= 11 is 0. The predicted octanol–water partition coefficient (Wildman–Crippen LogP) is 2.80. The maximum Gasteiger partial charge on any atom is 0.358 e. The zero-order valence-electron chi connectivity index (χ0n) is 13.4. The Hall–Kier alpha value is -3.48. The van der Waals surface area contributed by atoms with Gasteiger partial charge in [-0.2, -0.15) is 5.11 Å². The molecule has 0 spiro atoms. The Morgan fingerprint density at radius 1 is 1.08 bits per heavy atom. The van der Waals surface area contributed by atoms with Gasteiger partial charge >= 0.3 is 11.9 Å². The number of carbonyl (C=O) groups is 2. The SMILES string of the molecule is C/C([O-])=C(/N=Nc1ccc(C(=O)O)cc1)C(=O)OCc1ccccc1. The van der Waals surface area contributed by atoms with Crippen molar-refractivity contribution in [2.45, 2.75) is 13.5 Å². The van der Waals surface area contributed by atoms with Crippen LogP contribution < -0.4 is 5.11 Å². The lowest BCUT2D eigenvalue weighted by Crippen LogP contribution is -2.13. The molecule has 0 aromatic heterocycles. The second kappa shape index (κ2) is 8.39. The van der Waals surface area contributed by atoms with Crippen LogP contribution in [0, 0.1) is 0 Å². The van der Waals surface area contributed by atoms with Gasteiger partial charge in [0.15, 0.2) is 5.70 Å². The van der Waals surface area contributed by atoms with E-state index in [0.717, 1.165) is 5.56 Å². The molecule has 2 aromatic rings. The highest BCUT2D eigenvalue weighted by molar-refractivity contribution is 5.88. The summed E-state index contributed by atoms with van der Waals surface area (Å²) in [6, 6.07) is 14.5. The van der Waals surface area contributed by atoms with Crippen LogP contribution in [-0.4, -0.2) is 17.0 Å². The summed E-state index contributed by atoms with van der Waals surface area (Å²) in [7, 11) is 0. The largest absolute Gasteiger partial charge is 0.874 e. The standard InChI is InChI=1S/C18H16N2O5/c1-12(21)16(18(24)25-11-13-5-3-2-4-6-13)20-19-15-9-7-14(8-10-15)17(22)23/h2-10,21H,11H2,1H3,(H,22,23)/p-1/b16-12-,20-19?. The number of allylic oxidation sites excluding steroid dienone is 1. The fourth-order valence-electron chi connectivity index (χ4n) is 1.82. The van der Waals surface area contributed by atoms with Gasteiger partial charge in [-0.25, -0.2) is 9.59 Å². The molecule has 0 aliphatic heterocycles. The minimum Gasteiger partial charge on any atom is -0.874 e. The number of carbonyl (C=O) groups excluding carboxylic acids is 1. The van der Waals surface area contributed by atoms with Crippen LogP contribution in [0.2, 0.25) is 0 Å². The van der Waals surface area contributed by atoms with E-state index in [-0.39, 0.29) is 12.2 Å². The van der Waals surface area contributed by atoms with Gasteiger partial charge in [0.2, 0.25) is 0 Å². The summed E-state index contributed by atoms with van der Waals surface area (Å²) in [5.41, 5.74) is 0.745. The third-order valence-electron chi connectivity index (χ3n) is 3.12. The number of nitrogens with zero attached hydrogens (tertiary/aromatic N) is 2. The summed E-state index contributed by atoms with van der Waals surface area (Å²) in [5, 5.41) is 27.8. The number of rotatable bonds is 6.